The van der Waals surface area contributed by atoms with Crippen molar-refractivity contribution in [2.45, 2.75) is 6.61 Å². The van der Waals surface area contributed by atoms with Crippen molar-refractivity contribution >= 4 is 54.8 Å². The first-order valence-electron chi connectivity index (χ1n) is 4.46. The number of rotatable bonds is 3. The van der Waals surface area contributed by atoms with Crippen LogP contribution in [0.2, 0.25) is 5.02 Å². The van der Waals surface area contributed by atoms with E-state index in [0.29, 0.717) is 17.4 Å². The van der Waals surface area contributed by atoms with Crippen LogP contribution in [-0.4, -0.2) is 0 Å². The van der Waals surface area contributed by atoms with Gasteiger partial charge < -0.3 is 4.74 Å². The van der Waals surface area contributed by atoms with E-state index in [1.54, 1.807) is 11.3 Å². The molecule has 5 heteroatoms. The summed E-state index contributed by atoms with van der Waals surface area (Å²) in [6, 6.07) is 7.57. The Balaban J connectivity index is 2.10. The highest BCUT2D eigenvalue weighted by Crippen LogP contribution is 2.30. The first-order chi connectivity index (χ1) is 7.66. The Morgan fingerprint density at radius 3 is 2.75 bits per heavy atom. The molecule has 0 unspecified atom stereocenters. The van der Waals surface area contributed by atoms with Crippen molar-refractivity contribution in [1.29, 1.82) is 0 Å². The van der Waals surface area contributed by atoms with Crippen LogP contribution in [0.5, 0.6) is 5.75 Å². The van der Waals surface area contributed by atoms with E-state index in [1.165, 1.54) is 0 Å². The Kier molecular flexibility index (Phi) is 4.30. The van der Waals surface area contributed by atoms with Crippen molar-refractivity contribution in [3.8, 4) is 5.75 Å². The van der Waals surface area contributed by atoms with Gasteiger partial charge >= 0.3 is 0 Å². The average Bonchev–Trinajstić information content (AvgIpc) is 2.66. The Morgan fingerprint density at radius 2 is 2.06 bits per heavy atom. The normalized spacial score (nSPS) is 10.4. The molecule has 0 N–H and O–H groups in total. The standard InChI is InChI=1S/C11H7Br2ClOS/c12-7-1-2-9(14)10(5-7)15-6-11-8(13)3-4-16-11/h1-5H,6H2. The molecule has 0 spiro atoms. The molecule has 0 aliphatic rings. The van der Waals surface area contributed by atoms with Crippen LogP contribution in [-0.2, 0) is 6.61 Å². The zero-order chi connectivity index (χ0) is 11.5. The molecule has 2 aromatic rings. The van der Waals surface area contributed by atoms with Crippen LogP contribution in [0.15, 0.2) is 38.6 Å². The van der Waals surface area contributed by atoms with E-state index in [1.807, 2.05) is 29.6 Å². The van der Waals surface area contributed by atoms with Crippen molar-refractivity contribution in [2.24, 2.45) is 0 Å². The fourth-order valence-corrected chi connectivity index (χ4v) is 3.05. The van der Waals surface area contributed by atoms with Crippen LogP contribution >= 0.6 is 54.8 Å². The third-order valence-electron chi connectivity index (χ3n) is 1.94. The monoisotopic (exact) mass is 380 g/mol. The van der Waals surface area contributed by atoms with Crippen molar-refractivity contribution in [3.63, 3.8) is 0 Å². The molecule has 0 saturated carbocycles. The lowest BCUT2D eigenvalue weighted by molar-refractivity contribution is 0.309. The summed E-state index contributed by atoms with van der Waals surface area (Å²) in [6.07, 6.45) is 0. The number of halogens is 3. The molecule has 0 aliphatic carbocycles. The summed E-state index contributed by atoms with van der Waals surface area (Å²) in [4.78, 5) is 1.15. The van der Waals surface area contributed by atoms with Crippen LogP contribution in [0.3, 0.4) is 0 Å². The largest absolute Gasteiger partial charge is 0.486 e. The van der Waals surface area contributed by atoms with Gasteiger partial charge in [0.2, 0.25) is 0 Å². The first kappa shape index (κ1) is 12.4. The van der Waals surface area contributed by atoms with Gasteiger partial charge in [-0.05, 0) is 45.6 Å². The van der Waals surface area contributed by atoms with Crippen molar-refractivity contribution < 1.29 is 4.74 Å². The van der Waals surface area contributed by atoms with Crippen LogP contribution in [0, 0.1) is 0 Å². The summed E-state index contributed by atoms with van der Waals surface area (Å²) in [6.45, 7) is 0.522. The number of hydrogen-bond donors (Lipinski definition) is 0. The summed E-state index contributed by atoms with van der Waals surface area (Å²) in [7, 11) is 0. The van der Waals surface area contributed by atoms with E-state index in [9.17, 15) is 0 Å². The van der Waals surface area contributed by atoms with Crippen LogP contribution < -0.4 is 4.74 Å². The lowest BCUT2D eigenvalue weighted by Crippen LogP contribution is -1.94. The maximum Gasteiger partial charge on any atom is 0.139 e. The number of benzene rings is 1. The highest BCUT2D eigenvalue weighted by molar-refractivity contribution is 9.10. The molecule has 1 aromatic heterocycles. The lowest BCUT2D eigenvalue weighted by Gasteiger charge is -2.07. The Bertz CT molecular complexity index is 498. The predicted molar refractivity (Wildman–Crippen MR) is 75.5 cm³/mol. The molecule has 84 valence electrons. The van der Waals surface area contributed by atoms with Crippen molar-refractivity contribution in [3.05, 3.63) is 48.5 Å². The van der Waals surface area contributed by atoms with Gasteiger partial charge in [0.15, 0.2) is 0 Å². The Morgan fingerprint density at radius 1 is 1.25 bits per heavy atom. The molecular formula is C11H7Br2ClOS. The van der Waals surface area contributed by atoms with Crippen LogP contribution in [0.1, 0.15) is 4.88 Å². The lowest BCUT2D eigenvalue weighted by atomic mass is 10.3. The average molecular weight is 383 g/mol. The topological polar surface area (TPSA) is 9.23 Å². The van der Waals surface area contributed by atoms with Gasteiger partial charge in [-0.15, -0.1) is 11.3 Å². The van der Waals surface area contributed by atoms with E-state index in [-0.39, 0.29) is 0 Å². The highest BCUT2D eigenvalue weighted by Gasteiger charge is 2.05. The fraction of sp³-hybridized carbons (Fsp3) is 0.0909. The molecule has 0 fully saturated rings. The zero-order valence-corrected chi connectivity index (χ0v) is 12.8. The minimum Gasteiger partial charge on any atom is -0.486 e. The number of thiophene rings is 1. The molecule has 16 heavy (non-hydrogen) atoms. The van der Waals surface area contributed by atoms with Crippen LogP contribution in [0.4, 0.5) is 0 Å². The van der Waals surface area contributed by atoms with E-state index in [2.05, 4.69) is 31.9 Å². The second-order valence-electron chi connectivity index (χ2n) is 3.06. The molecule has 0 saturated heterocycles. The zero-order valence-electron chi connectivity index (χ0n) is 8.04. The molecule has 0 radical (unpaired) electrons. The maximum atomic E-state index is 6.02. The maximum absolute atomic E-state index is 6.02. The van der Waals surface area contributed by atoms with Gasteiger partial charge in [0.25, 0.3) is 0 Å². The summed E-state index contributed by atoms with van der Waals surface area (Å²) in [5, 5.41) is 2.64. The fourth-order valence-electron chi connectivity index (χ4n) is 1.16. The van der Waals surface area contributed by atoms with E-state index < -0.39 is 0 Å². The summed E-state index contributed by atoms with van der Waals surface area (Å²) < 4.78 is 7.69. The first-order valence-corrected chi connectivity index (χ1v) is 7.31. The highest BCUT2D eigenvalue weighted by atomic mass is 79.9. The molecule has 0 aliphatic heterocycles. The Labute approximate surface area is 120 Å². The van der Waals surface area contributed by atoms with E-state index in [0.717, 1.165) is 13.8 Å². The second-order valence-corrected chi connectivity index (χ2v) is 6.23. The quantitative estimate of drug-likeness (QED) is 0.681. The van der Waals surface area contributed by atoms with Crippen LogP contribution in [0.25, 0.3) is 0 Å². The van der Waals surface area contributed by atoms with Gasteiger partial charge in [-0.3, -0.25) is 0 Å². The van der Waals surface area contributed by atoms with Gasteiger partial charge in [0, 0.05) is 8.95 Å². The molecule has 1 nitrogen and oxygen atoms in total. The Hall–Kier alpha value is -0.0300. The van der Waals surface area contributed by atoms with E-state index in [4.69, 9.17) is 16.3 Å². The second kappa shape index (κ2) is 5.54. The molecular weight excluding hydrogens is 375 g/mol. The van der Waals surface area contributed by atoms with Gasteiger partial charge in [0.1, 0.15) is 12.4 Å². The molecule has 1 aromatic carbocycles. The number of ether oxygens (including phenoxy) is 1. The SMILES string of the molecule is Clc1ccc(Br)cc1OCc1sccc1Br. The van der Waals surface area contributed by atoms with Gasteiger partial charge in [-0.1, -0.05) is 27.5 Å². The predicted octanol–water partition coefficient (Wildman–Crippen LogP) is 5.51. The molecule has 0 bridgehead atoms. The van der Waals surface area contributed by atoms with E-state index >= 15 is 0 Å². The van der Waals surface area contributed by atoms with Gasteiger partial charge in [-0.25, -0.2) is 0 Å². The van der Waals surface area contributed by atoms with Crippen molar-refractivity contribution in [1.82, 2.24) is 0 Å². The molecule has 0 atom stereocenters. The van der Waals surface area contributed by atoms with Crippen molar-refractivity contribution in [2.75, 3.05) is 0 Å². The molecule has 1 heterocycles. The smallest absolute Gasteiger partial charge is 0.139 e. The number of hydrogen-bond acceptors (Lipinski definition) is 2. The molecule has 0 amide bonds. The summed E-state index contributed by atoms with van der Waals surface area (Å²) >= 11 is 14.5. The van der Waals surface area contributed by atoms with Gasteiger partial charge in [-0.2, -0.15) is 0 Å². The summed E-state index contributed by atoms with van der Waals surface area (Å²) in [5.74, 6) is 0.691. The van der Waals surface area contributed by atoms with Gasteiger partial charge in [0.05, 0.1) is 9.90 Å². The molecule has 2 rings (SSSR count). The minimum atomic E-state index is 0.522. The minimum absolute atomic E-state index is 0.522. The summed E-state index contributed by atoms with van der Waals surface area (Å²) in [5.41, 5.74) is 0. The third kappa shape index (κ3) is 3.00. The third-order valence-corrected chi connectivity index (χ3v) is 4.65.